The van der Waals surface area contributed by atoms with Crippen molar-refractivity contribution < 1.29 is 9.47 Å². The molecule has 0 unspecified atom stereocenters. The van der Waals surface area contributed by atoms with Gasteiger partial charge in [-0.1, -0.05) is 29.3 Å². The maximum Gasteiger partial charge on any atom is 0.157 e. The zero-order valence-electron chi connectivity index (χ0n) is 11.2. The SMILES string of the molecule is COc1cc(COc2c(Cl)cc(N)cc2Cl)ccc1C#N. The number of benzene rings is 2. The number of nitriles is 1. The van der Waals surface area contributed by atoms with E-state index in [1.165, 1.54) is 7.11 Å². The van der Waals surface area contributed by atoms with Gasteiger partial charge in [0.25, 0.3) is 0 Å². The largest absolute Gasteiger partial charge is 0.495 e. The fraction of sp³-hybridized carbons (Fsp3) is 0.133. The smallest absolute Gasteiger partial charge is 0.157 e. The van der Waals surface area contributed by atoms with Gasteiger partial charge in [-0.05, 0) is 29.8 Å². The third-order valence-electron chi connectivity index (χ3n) is 2.79. The second-order valence-electron chi connectivity index (χ2n) is 4.25. The Balaban J connectivity index is 2.19. The summed E-state index contributed by atoms with van der Waals surface area (Å²) >= 11 is 12.1. The zero-order chi connectivity index (χ0) is 15.4. The average Bonchev–Trinajstić information content (AvgIpc) is 2.45. The number of hydrogen-bond donors (Lipinski definition) is 1. The molecule has 2 aromatic rings. The monoisotopic (exact) mass is 322 g/mol. The lowest BCUT2D eigenvalue weighted by molar-refractivity contribution is 0.305. The van der Waals surface area contributed by atoms with Crippen LogP contribution in [-0.4, -0.2) is 7.11 Å². The molecule has 0 radical (unpaired) electrons. The highest BCUT2D eigenvalue weighted by atomic mass is 35.5. The summed E-state index contributed by atoms with van der Waals surface area (Å²) in [5, 5.41) is 9.63. The molecule has 0 atom stereocenters. The van der Waals surface area contributed by atoms with Gasteiger partial charge >= 0.3 is 0 Å². The lowest BCUT2D eigenvalue weighted by Gasteiger charge is -2.12. The standard InChI is InChI=1S/C15H12Cl2N2O2/c1-20-14-4-9(2-3-10(14)7-18)8-21-15-12(16)5-11(19)6-13(15)17/h2-6H,8,19H2,1H3. The van der Waals surface area contributed by atoms with Gasteiger partial charge in [-0.15, -0.1) is 0 Å². The number of hydrogen-bond acceptors (Lipinski definition) is 4. The van der Waals surface area contributed by atoms with Gasteiger partial charge in [0.05, 0.1) is 22.7 Å². The van der Waals surface area contributed by atoms with Crippen LogP contribution in [0.2, 0.25) is 10.0 Å². The second kappa shape index (κ2) is 6.57. The molecule has 0 aliphatic rings. The summed E-state index contributed by atoms with van der Waals surface area (Å²) in [6, 6.07) is 10.4. The van der Waals surface area contributed by atoms with Crippen LogP contribution >= 0.6 is 23.2 Å². The minimum atomic E-state index is 0.241. The van der Waals surface area contributed by atoms with Crippen molar-refractivity contribution in [3.05, 3.63) is 51.5 Å². The minimum absolute atomic E-state index is 0.241. The number of nitrogens with two attached hydrogens (primary N) is 1. The van der Waals surface area contributed by atoms with Crippen molar-refractivity contribution >= 4 is 28.9 Å². The summed E-state index contributed by atoms with van der Waals surface area (Å²) in [5.74, 6) is 0.865. The van der Waals surface area contributed by atoms with Crippen LogP contribution in [0.4, 0.5) is 5.69 Å². The summed E-state index contributed by atoms with van der Waals surface area (Å²) in [5.41, 5.74) is 7.39. The van der Waals surface area contributed by atoms with Crippen molar-refractivity contribution in [2.24, 2.45) is 0 Å². The average molecular weight is 323 g/mol. The fourth-order valence-corrected chi connectivity index (χ4v) is 2.40. The summed E-state index contributed by atoms with van der Waals surface area (Å²) in [4.78, 5) is 0. The van der Waals surface area contributed by atoms with E-state index in [0.29, 0.717) is 32.8 Å². The molecule has 108 valence electrons. The molecule has 0 bridgehead atoms. The maximum absolute atomic E-state index is 8.94. The summed E-state index contributed by atoms with van der Waals surface area (Å²) in [7, 11) is 1.51. The Bertz CT molecular complexity index is 688. The van der Waals surface area contributed by atoms with Crippen LogP contribution in [0.1, 0.15) is 11.1 Å². The number of ether oxygens (including phenoxy) is 2. The summed E-state index contributed by atoms with van der Waals surface area (Å²) < 4.78 is 10.8. The van der Waals surface area contributed by atoms with Crippen LogP contribution in [0.15, 0.2) is 30.3 Å². The number of rotatable bonds is 4. The van der Waals surface area contributed by atoms with Crippen molar-refractivity contribution in [1.29, 1.82) is 5.26 Å². The van der Waals surface area contributed by atoms with Crippen molar-refractivity contribution in [3.8, 4) is 17.6 Å². The molecule has 2 N–H and O–H groups in total. The maximum atomic E-state index is 8.94. The van der Waals surface area contributed by atoms with Crippen LogP contribution in [0.5, 0.6) is 11.5 Å². The first-order valence-electron chi connectivity index (χ1n) is 5.99. The molecule has 21 heavy (non-hydrogen) atoms. The van der Waals surface area contributed by atoms with Gasteiger partial charge in [-0.25, -0.2) is 0 Å². The van der Waals surface area contributed by atoms with E-state index in [0.717, 1.165) is 5.56 Å². The lowest BCUT2D eigenvalue weighted by atomic mass is 10.1. The molecule has 0 spiro atoms. The first kappa shape index (κ1) is 15.3. The van der Waals surface area contributed by atoms with E-state index in [9.17, 15) is 0 Å². The van der Waals surface area contributed by atoms with Crippen LogP contribution in [-0.2, 0) is 6.61 Å². The topological polar surface area (TPSA) is 68.3 Å². The number of methoxy groups -OCH3 is 1. The van der Waals surface area contributed by atoms with Crippen LogP contribution < -0.4 is 15.2 Å². The molecule has 0 aromatic heterocycles. The van der Waals surface area contributed by atoms with Crippen LogP contribution in [0.25, 0.3) is 0 Å². The third-order valence-corrected chi connectivity index (χ3v) is 3.35. The van der Waals surface area contributed by atoms with E-state index < -0.39 is 0 Å². The number of halogens is 2. The van der Waals surface area contributed by atoms with E-state index in [2.05, 4.69) is 6.07 Å². The molecule has 0 fully saturated rings. The van der Waals surface area contributed by atoms with E-state index in [1.807, 2.05) is 0 Å². The van der Waals surface area contributed by atoms with Crippen LogP contribution in [0.3, 0.4) is 0 Å². The Morgan fingerprint density at radius 3 is 2.43 bits per heavy atom. The van der Waals surface area contributed by atoms with Crippen molar-refractivity contribution in [1.82, 2.24) is 0 Å². The van der Waals surface area contributed by atoms with E-state index in [1.54, 1.807) is 30.3 Å². The highest BCUT2D eigenvalue weighted by Gasteiger charge is 2.10. The van der Waals surface area contributed by atoms with Crippen LogP contribution in [0, 0.1) is 11.3 Å². The van der Waals surface area contributed by atoms with Crippen molar-refractivity contribution in [3.63, 3.8) is 0 Å². The highest BCUT2D eigenvalue weighted by molar-refractivity contribution is 6.37. The molecule has 4 nitrogen and oxygen atoms in total. The van der Waals surface area contributed by atoms with Gasteiger partial charge < -0.3 is 15.2 Å². The number of nitrogen functional groups attached to an aromatic ring is 1. The Labute approximate surface area is 132 Å². The summed E-state index contributed by atoms with van der Waals surface area (Å²) in [6.45, 7) is 0.241. The van der Waals surface area contributed by atoms with Crippen molar-refractivity contribution in [2.45, 2.75) is 6.61 Å². The van der Waals surface area contributed by atoms with Gasteiger partial charge in [-0.2, -0.15) is 5.26 Å². The first-order valence-corrected chi connectivity index (χ1v) is 6.75. The normalized spacial score (nSPS) is 10.0. The first-order chi connectivity index (χ1) is 10.0. The number of anilines is 1. The molecule has 0 saturated carbocycles. The third kappa shape index (κ3) is 3.52. The Morgan fingerprint density at radius 2 is 1.86 bits per heavy atom. The predicted molar refractivity (Wildman–Crippen MR) is 82.9 cm³/mol. The molecule has 0 aliphatic carbocycles. The number of nitrogens with zero attached hydrogens (tertiary/aromatic N) is 1. The molecule has 2 aromatic carbocycles. The quantitative estimate of drug-likeness (QED) is 0.862. The molecular formula is C15H12Cl2N2O2. The predicted octanol–water partition coefficient (Wildman–Crippen LogP) is 4.03. The van der Waals surface area contributed by atoms with E-state index >= 15 is 0 Å². The molecule has 2 rings (SSSR count). The van der Waals surface area contributed by atoms with Gasteiger partial charge in [-0.3, -0.25) is 0 Å². The van der Waals surface area contributed by atoms with Gasteiger partial charge in [0, 0.05) is 5.69 Å². The molecule has 0 amide bonds. The molecule has 6 heteroatoms. The molecular weight excluding hydrogens is 311 g/mol. The van der Waals surface area contributed by atoms with Gasteiger partial charge in [0.15, 0.2) is 5.75 Å². The van der Waals surface area contributed by atoms with E-state index in [-0.39, 0.29) is 6.61 Å². The zero-order valence-corrected chi connectivity index (χ0v) is 12.7. The van der Waals surface area contributed by atoms with Gasteiger partial charge in [0.1, 0.15) is 18.4 Å². The minimum Gasteiger partial charge on any atom is -0.495 e. The fourth-order valence-electron chi connectivity index (χ4n) is 1.79. The molecule has 0 aliphatic heterocycles. The molecule has 0 heterocycles. The second-order valence-corrected chi connectivity index (χ2v) is 5.06. The van der Waals surface area contributed by atoms with Gasteiger partial charge in [0.2, 0.25) is 0 Å². The lowest BCUT2D eigenvalue weighted by Crippen LogP contribution is -1.99. The summed E-state index contributed by atoms with van der Waals surface area (Å²) in [6.07, 6.45) is 0. The Morgan fingerprint density at radius 1 is 1.19 bits per heavy atom. The Kier molecular flexibility index (Phi) is 4.79. The molecule has 0 saturated heterocycles. The highest BCUT2D eigenvalue weighted by Crippen LogP contribution is 2.35. The Hall–Kier alpha value is -2.09. The van der Waals surface area contributed by atoms with Crippen molar-refractivity contribution in [2.75, 3.05) is 12.8 Å². The van der Waals surface area contributed by atoms with E-state index in [4.69, 9.17) is 43.7 Å².